The number of alkyl halides is 1. The average Bonchev–Trinajstić information content (AvgIpc) is 2.28. The second-order valence-corrected chi connectivity index (χ2v) is 3.93. The zero-order valence-corrected chi connectivity index (χ0v) is 10.7. The summed E-state index contributed by atoms with van der Waals surface area (Å²) in [6.07, 6.45) is 3.73. The largest absolute Gasteiger partial charge is 0.325 e. The Bertz CT molecular complexity index is 349. The standard InChI is InChI=1S/C12H14INO/c1-2-3-6-10-7-4-5-8-11(10)14-12(15)9-13/h2,4-5,7-8H,1,3,6,9H2,(H,14,15). The fourth-order valence-corrected chi connectivity index (χ4v) is 1.49. The molecule has 0 aliphatic carbocycles. The molecule has 1 rings (SSSR count). The number of benzene rings is 1. The molecule has 15 heavy (non-hydrogen) atoms. The molecule has 0 saturated heterocycles. The van der Waals surface area contributed by atoms with Crippen LogP contribution in [0.3, 0.4) is 0 Å². The number of hydrogen-bond donors (Lipinski definition) is 1. The van der Waals surface area contributed by atoms with Crippen molar-refractivity contribution in [1.29, 1.82) is 0 Å². The summed E-state index contributed by atoms with van der Waals surface area (Å²) in [4.78, 5) is 11.3. The number of halogens is 1. The molecule has 0 fully saturated rings. The Labute approximate surface area is 104 Å². The van der Waals surface area contributed by atoms with Gasteiger partial charge in [0.15, 0.2) is 0 Å². The summed E-state index contributed by atoms with van der Waals surface area (Å²) >= 11 is 2.05. The molecule has 1 N–H and O–H groups in total. The quantitative estimate of drug-likeness (QED) is 0.505. The highest BCUT2D eigenvalue weighted by molar-refractivity contribution is 14.1. The lowest BCUT2D eigenvalue weighted by Crippen LogP contribution is -2.13. The number of carbonyl (C=O) groups excluding carboxylic acids is 1. The lowest BCUT2D eigenvalue weighted by atomic mass is 10.1. The van der Waals surface area contributed by atoms with Crippen molar-refractivity contribution in [2.24, 2.45) is 0 Å². The summed E-state index contributed by atoms with van der Waals surface area (Å²) < 4.78 is 0.480. The summed E-state index contributed by atoms with van der Waals surface area (Å²) in [6, 6.07) is 7.88. The van der Waals surface area contributed by atoms with Crippen LogP contribution in [0.15, 0.2) is 36.9 Å². The first kappa shape index (κ1) is 12.2. The van der Waals surface area contributed by atoms with Crippen molar-refractivity contribution in [2.45, 2.75) is 12.8 Å². The topological polar surface area (TPSA) is 29.1 Å². The van der Waals surface area contributed by atoms with E-state index in [1.165, 1.54) is 0 Å². The summed E-state index contributed by atoms with van der Waals surface area (Å²) in [5.41, 5.74) is 2.08. The van der Waals surface area contributed by atoms with Crippen LogP contribution in [0.4, 0.5) is 5.69 Å². The Kier molecular flexibility index (Phi) is 5.39. The van der Waals surface area contributed by atoms with Gasteiger partial charge in [-0.3, -0.25) is 4.79 Å². The van der Waals surface area contributed by atoms with E-state index in [1.807, 2.05) is 30.3 Å². The van der Waals surface area contributed by atoms with Crippen molar-refractivity contribution in [3.05, 3.63) is 42.5 Å². The van der Waals surface area contributed by atoms with E-state index >= 15 is 0 Å². The molecular formula is C12H14INO. The number of hydrogen-bond acceptors (Lipinski definition) is 1. The zero-order valence-electron chi connectivity index (χ0n) is 8.50. The number of rotatable bonds is 5. The molecular weight excluding hydrogens is 301 g/mol. The zero-order chi connectivity index (χ0) is 11.1. The van der Waals surface area contributed by atoms with Gasteiger partial charge < -0.3 is 5.32 Å². The molecule has 0 unspecified atom stereocenters. The Morgan fingerprint density at radius 2 is 2.20 bits per heavy atom. The maximum Gasteiger partial charge on any atom is 0.234 e. The molecule has 0 bridgehead atoms. The van der Waals surface area contributed by atoms with Crippen molar-refractivity contribution in [3.63, 3.8) is 0 Å². The van der Waals surface area contributed by atoms with E-state index in [2.05, 4.69) is 34.5 Å². The smallest absolute Gasteiger partial charge is 0.234 e. The third-order valence-corrected chi connectivity index (χ3v) is 2.72. The van der Waals surface area contributed by atoms with Crippen molar-refractivity contribution in [3.8, 4) is 0 Å². The van der Waals surface area contributed by atoms with E-state index in [4.69, 9.17) is 0 Å². The molecule has 0 aromatic heterocycles. The summed E-state index contributed by atoms with van der Waals surface area (Å²) in [7, 11) is 0. The fourth-order valence-electron chi connectivity index (χ4n) is 1.30. The Hall–Kier alpha value is -0.840. The first-order valence-electron chi connectivity index (χ1n) is 4.82. The predicted molar refractivity (Wildman–Crippen MR) is 72.5 cm³/mol. The molecule has 3 heteroatoms. The fraction of sp³-hybridized carbons (Fsp3) is 0.250. The van der Waals surface area contributed by atoms with Crippen LogP contribution in [0.5, 0.6) is 0 Å². The molecule has 0 spiro atoms. The second-order valence-electron chi connectivity index (χ2n) is 3.17. The SMILES string of the molecule is C=CCCc1ccccc1NC(=O)CI. The summed E-state index contributed by atoms with van der Waals surface area (Å²) in [5, 5.41) is 2.89. The molecule has 1 amide bonds. The minimum Gasteiger partial charge on any atom is -0.325 e. The summed E-state index contributed by atoms with van der Waals surface area (Å²) in [6.45, 7) is 3.69. The van der Waals surface area contributed by atoms with Gasteiger partial charge in [-0.05, 0) is 24.5 Å². The number of carbonyl (C=O) groups is 1. The number of amides is 1. The van der Waals surface area contributed by atoms with Gasteiger partial charge in [0.25, 0.3) is 0 Å². The van der Waals surface area contributed by atoms with E-state index in [-0.39, 0.29) is 5.91 Å². The number of nitrogens with one attached hydrogen (secondary N) is 1. The third-order valence-electron chi connectivity index (χ3n) is 2.03. The number of aryl methyl sites for hydroxylation is 1. The first-order chi connectivity index (χ1) is 7.27. The molecule has 0 radical (unpaired) electrons. The molecule has 1 aromatic carbocycles. The molecule has 1 aromatic rings. The van der Waals surface area contributed by atoms with Crippen molar-refractivity contribution in [1.82, 2.24) is 0 Å². The van der Waals surface area contributed by atoms with Gasteiger partial charge in [-0.15, -0.1) is 6.58 Å². The van der Waals surface area contributed by atoms with Crippen LogP contribution in [0.25, 0.3) is 0 Å². The van der Waals surface area contributed by atoms with Crippen LogP contribution in [0, 0.1) is 0 Å². The highest BCUT2D eigenvalue weighted by Gasteiger charge is 2.03. The second kappa shape index (κ2) is 6.61. The molecule has 0 aliphatic heterocycles. The first-order valence-corrected chi connectivity index (χ1v) is 6.35. The normalized spacial score (nSPS) is 9.67. The minimum atomic E-state index is 0.0432. The van der Waals surface area contributed by atoms with Crippen LogP contribution in [0.1, 0.15) is 12.0 Å². The van der Waals surface area contributed by atoms with Crippen molar-refractivity contribution >= 4 is 34.2 Å². The lowest BCUT2D eigenvalue weighted by Gasteiger charge is -2.08. The Morgan fingerprint density at radius 1 is 1.47 bits per heavy atom. The van der Waals surface area contributed by atoms with E-state index in [0.29, 0.717) is 4.43 Å². The highest BCUT2D eigenvalue weighted by atomic mass is 127. The monoisotopic (exact) mass is 315 g/mol. The van der Waals surface area contributed by atoms with Crippen molar-refractivity contribution in [2.75, 3.05) is 9.74 Å². The Morgan fingerprint density at radius 3 is 2.87 bits per heavy atom. The predicted octanol–water partition coefficient (Wildman–Crippen LogP) is 3.18. The average molecular weight is 315 g/mol. The maximum atomic E-state index is 11.3. The van der Waals surface area contributed by atoms with Gasteiger partial charge in [0, 0.05) is 5.69 Å². The van der Waals surface area contributed by atoms with Gasteiger partial charge in [-0.25, -0.2) is 0 Å². The van der Waals surface area contributed by atoms with Gasteiger partial charge in [-0.2, -0.15) is 0 Å². The molecule has 0 aliphatic rings. The molecule has 2 nitrogen and oxygen atoms in total. The summed E-state index contributed by atoms with van der Waals surface area (Å²) in [5.74, 6) is 0.0432. The van der Waals surface area contributed by atoms with Gasteiger partial charge in [-0.1, -0.05) is 46.9 Å². The molecule has 80 valence electrons. The third kappa shape index (κ3) is 4.03. The highest BCUT2D eigenvalue weighted by Crippen LogP contribution is 2.17. The Balaban J connectivity index is 2.76. The number of para-hydroxylation sites is 1. The van der Waals surface area contributed by atoms with Gasteiger partial charge in [0.2, 0.25) is 5.91 Å². The van der Waals surface area contributed by atoms with E-state index in [1.54, 1.807) is 0 Å². The van der Waals surface area contributed by atoms with Crippen LogP contribution in [-0.4, -0.2) is 10.3 Å². The van der Waals surface area contributed by atoms with E-state index < -0.39 is 0 Å². The molecule has 0 heterocycles. The molecule has 0 saturated carbocycles. The van der Waals surface area contributed by atoms with Gasteiger partial charge in [0.1, 0.15) is 0 Å². The van der Waals surface area contributed by atoms with E-state index in [0.717, 1.165) is 24.1 Å². The van der Waals surface area contributed by atoms with Crippen LogP contribution >= 0.6 is 22.6 Å². The van der Waals surface area contributed by atoms with Crippen LogP contribution < -0.4 is 5.32 Å². The number of anilines is 1. The van der Waals surface area contributed by atoms with Crippen molar-refractivity contribution < 1.29 is 4.79 Å². The van der Waals surface area contributed by atoms with Crippen LogP contribution in [-0.2, 0) is 11.2 Å². The van der Waals surface area contributed by atoms with Gasteiger partial charge >= 0.3 is 0 Å². The molecule has 0 atom stereocenters. The maximum absolute atomic E-state index is 11.3. The van der Waals surface area contributed by atoms with Crippen LogP contribution in [0.2, 0.25) is 0 Å². The lowest BCUT2D eigenvalue weighted by molar-refractivity contribution is -0.113. The van der Waals surface area contributed by atoms with Gasteiger partial charge in [0.05, 0.1) is 4.43 Å². The number of allylic oxidation sites excluding steroid dienone is 1. The van der Waals surface area contributed by atoms with E-state index in [9.17, 15) is 4.79 Å². The minimum absolute atomic E-state index is 0.0432.